The largest absolute Gasteiger partial charge is 0.487 e. The second-order valence-electron chi connectivity index (χ2n) is 9.19. The van der Waals surface area contributed by atoms with Crippen LogP contribution in [0.15, 0.2) is 48.9 Å². The highest BCUT2D eigenvalue weighted by molar-refractivity contribution is 6.22. The van der Waals surface area contributed by atoms with E-state index < -0.39 is 0 Å². The minimum atomic E-state index is 0.342. The number of nitrogens with zero attached hydrogens (tertiary/aromatic N) is 4. The highest BCUT2D eigenvalue weighted by Gasteiger charge is 2.23. The number of fused-ring (bicyclic) bond motifs is 9. The molecule has 0 saturated carbocycles. The zero-order valence-corrected chi connectivity index (χ0v) is 19.1. The number of H-pyrrole nitrogens is 2. The summed E-state index contributed by atoms with van der Waals surface area (Å²) >= 11 is 0. The van der Waals surface area contributed by atoms with Crippen molar-refractivity contribution in [3.63, 3.8) is 0 Å². The maximum atomic E-state index is 6.12. The number of benzene rings is 3. The number of nitrogens with one attached hydrogen (secondary N) is 2. The Morgan fingerprint density at radius 2 is 1.76 bits per heavy atom. The summed E-state index contributed by atoms with van der Waals surface area (Å²) in [6.07, 6.45) is 3.47. The van der Waals surface area contributed by atoms with Gasteiger partial charge in [0.2, 0.25) is 0 Å². The lowest BCUT2D eigenvalue weighted by Gasteiger charge is -2.18. The molecule has 166 valence electrons. The lowest BCUT2D eigenvalue weighted by molar-refractivity contribution is 0.298. The molecule has 7 nitrogen and oxygen atoms in total. The number of rotatable bonds is 2. The molecule has 0 fully saturated rings. The number of aromatic amines is 2. The second-order valence-corrected chi connectivity index (χ2v) is 9.19. The van der Waals surface area contributed by atoms with Crippen LogP contribution in [-0.2, 0) is 6.61 Å². The van der Waals surface area contributed by atoms with Gasteiger partial charge in [-0.25, -0.2) is 19.9 Å². The molecule has 3 aromatic carbocycles. The Morgan fingerprint density at radius 1 is 0.912 bits per heavy atom. The quantitative estimate of drug-likeness (QED) is 0.316. The number of aryl methyl sites for hydroxylation is 1. The highest BCUT2D eigenvalue weighted by atomic mass is 16.5. The molecule has 2 N–H and O–H groups in total. The SMILES string of the molecule is Cc1nc2c3ccc(-c4ccc5c(c4)OCc4[nH]c(C(C)C)nc4-5)cc3c3cncnc3c2[nH]1. The van der Waals surface area contributed by atoms with E-state index in [9.17, 15) is 0 Å². The van der Waals surface area contributed by atoms with Crippen molar-refractivity contribution in [2.75, 3.05) is 0 Å². The maximum Gasteiger partial charge on any atom is 0.130 e. The molecule has 4 heterocycles. The topological polar surface area (TPSA) is 92.4 Å². The summed E-state index contributed by atoms with van der Waals surface area (Å²) in [5.41, 5.74) is 8.03. The molecule has 34 heavy (non-hydrogen) atoms. The van der Waals surface area contributed by atoms with Gasteiger partial charge < -0.3 is 14.7 Å². The van der Waals surface area contributed by atoms with Crippen molar-refractivity contribution in [2.24, 2.45) is 0 Å². The van der Waals surface area contributed by atoms with Crippen LogP contribution >= 0.6 is 0 Å². The van der Waals surface area contributed by atoms with Crippen LogP contribution in [0, 0.1) is 6.92 Å². The average Bonchev–Trinajstić information content (AvgIpc) is 3.47. The van der Waals surface area contributed by atoms with Crippen LogP contribution in [0.5, 0.6) is 5.75 Å². The summed E-state index contributed by atoms with van der Waals surface area (Å²) in [7, 11) is 0. The Kier molecular flexibility index (Phi) is 3.89. The minimum absolute atomic E-state index is 0.342. The molecule has 0 saturated heterocycles. The molecule has 0 amide bonds. The van der Waals surface area contributed by atoms with E-state index in [-0.39, 0.29) is 0 Å². The molecule has 7 rings (SSSR count). The molecular formula is C27H22N6O. The zero-order valence-electron chi connectivity index (χ0n) is 19.1. The van der Waals surface area contributed by atoms with E-state index in [1.54, 1.807) is 6.33 Å². The molecule has 1 aliphatic rings. The minimum Gasteiger partial charge on any atom is -0.487 e. The first-order valence-electron chi connectivity index (χ1n) is 11.4. The number of ether oxygens (including phenoxy) is 1. The van der Waals surface area contributed by atoms with Gasteiger partial charge in [0.1, 0.15) is 30.3 Å². The summed E-state index contributed by atoms with van der Waals surface area (Å²) in [6.45, 7) is 6.75. The Bertz CT molecular complexity index is 1760. The van der Waals surface area contributed by atoms with E-state index in [0.29, 0.717) is 12.5 Å². The Hall–Kier alpha value is -4.26. The monoisotopic (exact) mass is 446 g/mol. The van der Waals surface area contributed by atoms with Gasteiger partial charge in [-0.1, -0.05) is 32.0 Å². The van der Waals surface area contributed by atoms with E-state index >= 15 is 0 Å². The van der Waals surface area contributed by atoms with Crippen molar-refractivity contribution in [1.29, 1.82) is 0 Å². The predicted octanol–water partition coefficient (Wildman–Crippen LogP) is 6.04. The Balaban J connectivity index is 1.40. The fraction of sp³-hybridized carbons (Fsp3) is 0.185. The molecule has 0 spiro atoms. The first-order valence-corrected chi connectivity index (χ1v) is 11.4. The molecule has 0 aliphatic carbocycles. The standard InChI is InChI=1S/C27H22N6O/c1-13(2)27-32-21-11-34-22-9-16(5-7-18(22)23(21)33-27)15-4-6-17-19(8-15)20-10-28-12-29-24(20)26-25(17)30-14(3)31-26/h4-10,12-13H,11H2,1-3H3,(H,30,31)(H,32,33). The van der Waals surface area contributed by atoms with Crippen LogP contribution < -0.4 is 4.74 Å². The molecular weight excluding hydrogens is 424 g/mol. The van der Waals surface area contributed by atoms with Crippen LogP contribution in [0.2, 0.25) is 0 Å². The van der Waals surface area contributed by atoms with Crippen molar-refractivity contribution < 1.29 is 4.74 Å². The average molecular weight is 447 g/mol. The molecule has 0 bridgehead atoms. The fourth-order valence-corrected chi connectivity index (χ4v) is 4.93. The number of hydrogen-bond acceptors (Lipinski definition) is 5. The van der Waals surface area contributed by atoms with Crippen LogP contribution in [0.3, 0.4) is 0 Å². The van der Waals surface area contributed by atoms with Crippen LogP contribution in [0.1, 0.15) is 37.1 Å². The van der Waals surface area contributed by atoms with Crippen molar-refractivity contribution in [3.8, 4) is 28.1 Å². The second kappa shape index (κ2) is 6.87. The van der Waals surface area contributed by atoms with Gasteiger partial charge in [0, 0.05) is 28.5 Å². The summed E-state index contributed by atoms with van der Waals surface area (Å²) in [6, 6.07) is 12.8. The van der Waals surface area contributed by atoms with Gasteiger partial charge in [-0.15, -0.1) is 0 Å². The molecule has 6 aromatic rings. The van der Waals surface area contributed by atoms with E-state index in [1.807, 2.05) is 13.1 Å². The molecule has 0 unspecified atom stereocenters. The van der Waals surface area contributed by atoms with Gasteiger partial charge in [0.05, 0.1) is 27.9 Å². The van der Waals surface area contributed by atoms with E-state index in [4.69, 9.17) is 14.7 Å². The van der Waals surface area contributed by atoms with Crippen LogP contribution in [0.4, 0.5) is 0 Å². The predicted molar refractivity (Wildman–Crippen MR) is 133 cm³/mol. The third-order valence-electron chi connectivity index (χ3n) is 6.62. The number of hydrogen-bond donors (Lipinski definition) is 2. The van der Waals surface area contributed by atoms with Crippen LogP contribution in [0.25, 0.3) is 55.1 Å². The van der Waals surface area contributed by atoms with Gasteiger partial charge >= 0.3 is 0 Å². The molecule has 1 aliphatic heterocycles. The first kappa shape index (κ1) is 19.2. The van der Waals surface area contributed by atoms with Crippen molar-refractivity contribution in [3.05, 3.63) is 66.3 Å². The van der Waals surface area contributed by atoms with Crippen molar-refractivity contribution in [2.45, 2.75) is 33.3 Å². The zero-order chi connectivity index (χ0) is 23.0. The van der Waals surface area contributed by atoms with E-state index in [1.165, 1.54) is 0 Å². The number of imidazole rings is 2. The van der Waals surface area contributed by atoms with E-state index in [2.05, 4.69) is 70.2 Å². The summed E-state index contributed by atoms with van der Waals surface area (Å²) in [4.78, 5) is 25.2. The van der Waals surface area contributed by atoms with Gasteiger partial charge in [-0.3, -0.25) is 0 Å². The third kappa shape index (κ3) is 2.70. The summed E-state index contributed by atoms with van der Waals surface area (Å²) in [5, 5.41) is 3.18. The summed E-state index contributed by atoms with van der Waals surface area (Å²) in [5.74, 6) is 3.07. The molecule has 3 aromatic heterocycles. The molecule has 0 atom stereocenters. The summed E-state index contributed by atoms with van der Waals surface area (Å²) < 4.78 is 6.12. The molecule has 7 heteroatoms. The number of aromatic nitrogens is 6. The van der Waals surface area contributed by atoms with E-state index in [0.717, 1.165) is 78.2 Å². The molecule has 0 radical (unpaired) electrons. The smallest absolute Gasteiger partial charge is 0.130 e. The van der Waals surface area contributed by atoms with Crippen LogP contribution in [-0.4, -0.2) is 29.9 Å². The van der Waals surface area contributed by atoms with Gasteiger partial charge in [0.15, 0.2) is 0 Å². The van der Waals surface area contributed by atoms with Crippen molar-refractivity contribution >= 4 is 32.7 Å². The highest BCUT2D eigenvalue weighted by Crippen LogP contribution is 2.41. The van der Waals surface area contributed by atoms with Crippen molar-refractivity contribution in [1.82, 2.24) is 29.9 Å². The Labute approximate surface area is 195 Å². The Morgan fingerprint density at radius 3 is 2.65 bits per heavy atom. The third-order valence-corrected chi connectivity index (χ3v) is 6.62. The van der Waals surface area contributed by atoms with Gasteiger partial charge in [0.25, 0.3) is 0 Å². The normalized spacial score (nSPS) is 12.9. The lowest BCUT2D eigenvalue weighted by Crippen LogP contribution is -2.05. The first-order chi connectivity index (χ1) is 16.6. The van der Waals surface area contributed by atoms with Gasteiger partial charge in [-0.05, 0) is 41.6 Å². The fourth-order valence-electron chi connectivity index (χ4n) is 4.93. The lowest BCUT2D eigenvalue weighted by atomic mass is 9.96. The maximum absolute atomic E-state index is 6.12. The van der Waals surface area contributed by atoms with Gasteiger partial charge in [-0.2, -0.15) is 0 Å².